The number of nitrogens with one attached hydrogen (secondary N) is 1. The number of para-hydroxylation sites is 1. The van der Waals surface area contributed by atoms with Crippen molar-refractivity contribution in [3.8, 4) is 11.4 Å². The Hall–Kier alpha value is -1.78. The van der Waals surface area contributed by atoms with E-state index in [1.807, 2.05) is 47.9 Å². The van der Waals surface area contributed by atoms with E-state index in [9.17, 15) is 0 Å². The quantitative estimate of drug-likeness (QED) is 0.698. The highest BCUT2D eigenvalue weighted by atomic mass is 35.5. The molecule has 3 rings (SSSR count). The Morgan fingerprint density at radius 2 is 2.05 bits per heavy atom. The lowest BCUT2D eigenvalue weighted by atomic mass is 10.2. The van der Waals surface area contributed by atoms with Gasteiger partial charge in [0.2, 0.25) is 0 Å². The molecule has 0 amide bonds. The van der Waals surface area contributed by atoms with Crippen LogP contribution in [0.3, 0.4) is 0 Å². The predicted octanol–water partition coefficient (Wildman–Crippen LogP) is 4.66. The van der Waals surface area contributed by atoms with Gasteiger partial charge >= 0.3 is 0 Å². The standard InChI is InChI=1S/C15H13ClN2OS/c1-9-6-7-10(16)8-12(9)18-11-4-3-5-13(19-2)14(11)17-15(18)20/h3-8H,1-2H3,(H,17,20). The molecular weight excluding hydrogens is 292 g/mol. The van der Waals surface area contributed by atoms with Crippen LogP contribution in [0, 0.1) is 11.7 Å². The number of aromatic nitrogens is 2. The highest BCUT2D eigenvalue weighted by Gasteiger charge is 2.12. The maximum atomic E-state index is 6.11. The topological polar surface area (TPSA) is 29.9 Å². The summed E-state index contributed by atoms with van der Waals surface area (Å²) in [5.74, 6) is 0.770. The molecule has 0 saturated heterocycles. The third kappa shape index (κ3) is 2.01. The highest BCUT2D eigenvalue weighted by molar-refractivity contribution is 7.71. The van der Waals surface area contributed by atoms with E-state index in [0.29, 0.717) is 9.79 Å². The van der Waals surface area contributed by atoms with E-state index in [2.05, 4.69) is 4.98 Å². The van der Waals surface area contributed by atoms with Gasteiger partial charge in [0.15, 0.2) is 4.77 Å². The highest BCUT2D eigenvalue weighted by Crippen LogP contribution is 2.29. The molecule has 2 aromatic carbocycles. The number of fused-ring (bicyclic) bond motifs is 1. The number of methoxy groups -OCH3 is 1. The molecule has 0 radical (unpaired) electrons. The molecule has 0 spiro atoms. The molecule has 0 bridgehead atoms. The van der Waals surface area contributed by atoms with Crippen molar-refractivity contribution >= 4 is 34.9 Å². The van der Waals surface area contributed by atoms with Crippen LogP contribution in [-0.4, -0.2) is 16.7 Å². The molecule has 0 atom stereocenters. The summed E-state index contributed by atoms with van der Waals surface area (Å²) in [6.45, 7) is 2.03. The Kier molecular flexibility index (Phi) is 3.28. The Bertz CT molecular complexity index is 851. The monoisotopic (exact) mass is 304 g/mol. The maximum absolute atomic E-state index is 6.11. The van der Waals surface area contributed by atoms with Crippen molar-refractivity contribution in [2.45, 2.75) is 6.92 Å². The van der Waals surface area contributed by atoms with Crippen LogP contribution in [0.15, 0.2) is 36.4 Å². The fourth-order valence-electron chi connectivity index (χ4n) is 2.34. The zero-order valence-electron chi connectivity index (χ0n) is 11.1. The zero-order valence-corrected chi connectivity index (χ0v) is 12.7. The van der Waals surface area contributed by atoms with Gasteiger partial charge in [-0.2, -0.15) is 0 Å². The second kappa shape index (κ2) is 4.96. The number of aromatic amines is 1. The Morgan fingerprint density at radius 3 is 2.80 bits per heavy atom. The molecule has 0 aliphatic rings. The summed E-state index contributed by atoms with van der Waals surface area (Å²) in [5, 5.41) is 0.685. The lowest BCUT2D eigenvalue weighted by molar-refractivity contribution is 0.419. The zero-order chi connectivity index (χ0) is 14.3. The average Bonchev–Trinajstić information content (AvgIpc) is 2.77. The molecule has 0 aliphatic carbocycles. The van der Waals surface area contributed by atoms with E-state index < -0.39 is 0 Å². The molecule has 102 valence electrons. The fourth-order valence-corrected chi connectivity index (χ4v) is 2.80. The van der Waals surface area contributed by atoms with Crippen LogP contribution in [0.2, 0.25) is 5.02 Å². The Labute approximate surface area is 126 Å². The van der Waals surface area contributed by atoms with E-state index in [0.717, 1.165) is 28.0 Å². The SMILES string of the molecule is COc1cccc2c1[nH]c(=S)n2-c1cc(Cl)ccc1C. The van der Waals surface area contributed by atoms with Gasteiger partial charge in [-0.25, -0.2) is 0 Å². The number of ether oxygens (including phenoxy) is 1. The van der Waals surface area contributed by atoms with Gasteiger partial charge in [0.1, 0.15) is 11.3 Å². The molecule has 0 fully saturated rings. The first-order valence-electron chi connectivity index (χ1n) is 6.16. The minimum absolute atomic E-state index is 0.620. The van der Waals surface area contributed by atoms with Gasteiger partial charge in [-0.05, 0) is 49.0 Å². The Balaban J connectivity index is 2.40. The van der Waals surface area contributed by atoms with Crippen molar-refractivity contribution in [3.63, 3.8) is 0 Å². The van der Waals surface area contributed by atoms with E-state index in [1.54, 1.807) is 7.11 Å². The number of aryl methyl sites for hydroxylation is 1. The fraction of sp³-hybridized carbons (Fsp3) is 0.133. The predicted molar refractivity (Wildman–Crippen MR) is 84.8 cm³/mol. The number of benzene rings is 2. The van der Waals surface area contributed by atoms with Crippen LogP contribution in [-0.2, 0) is 0 Å². The van der Waals surface area contributed by atoms with Crippen molar-refractivity contribution in [3.05, 3.63) is 51.8 Å². The molecular formula is C15H13ClN2OS. The van der Waals surface area contributed by atoms with E-state index in [4.69, 9.17) is 28.6 Å². The molecule has 20 heavy (non-hydrogen) atoms. The first kappa shape index (κ1) is 13.2. The molecule has 1 aromatic heterocycles. The lowest BCUT2D eigenvalue weighted by Gasteiger charge is -2.09. The van der Waals surface area contributed by atoms with Gasteiger partial charge in [-0.3, -0.25) is 4.57 Å². The Morgan fingerprint density at radius 1 is 1.25 bits per heavy atom. The maximum Gasteiger partial charge on any atom is 0.182 e. The normalized spacial score (nSPS) is 10.9. The second-order valence-corrected chi connectivity index (χ2v) is 5.37. The first-order chi connectivity index (χ1) is 9.61. The molecule has 0 saturated carbocycles. The van der Waals surface area contributed by atoms with Crippen LogP contribution < -0.4 is 4.74 Å². The number of H-pyrrole nitrogens is 1. The number of hydrogen-bond acceptors (Lipinski definition) is 2. The summed E-state index contributed by atoms with van der Waals surface area (Å²) in [7, 11) is 1.65. The molecule has 0 aliphatic heterocycles. The van der Waals surface area contributed by atoms with Gasteiger partial charge in [-0.15, -0.1) is 0 Å². The lowest BCUT2D eigenvalue weighted by Crippen LogP contribution is -1.97. The third-order valence-electron chi connectivity index (χ3n) is 3.31. The summed E-state index contributed by atoms with van der Waals surface area (Å²) >= 11 is 11.6. The molecule has 3 aromatic rings. The molecule has 0 unspecified atom stereocenters. The number of imidazole rings is 1. The van der Waals surface area contributed by atoms with E-state index in [-0.39, 0.29) is 0 Å². The van der Waals surface area contributed by atoms with Crippen molar-refractivity contribution in [1.29, 1.82) is 0 Å². The number of hydrogen-bond donors (Lipinski definition) is 1. The minimum Gasteiger partial charge on any atom is -0.494 e. The van der Waals surface area contributed by atoms with Crippen LogP contribution in [0.5, 0.6) is 5.75 Å². The molecule has 5 heteroatoms. The van der Waals surface area contributed by atoms with E-state index in [1.165, 1.54) is 0 Å². The summed E-state index contributed by atoms with van der Waals surface area (Å²) in [4.78, 5) is 3.20. The number of nitrogens with zero attached hydrogens (tertiary/aromatic N) is 1. The van der Waals surface area contributed by atoms with Crippen molar-refractivity contribution in [2.75, 3.05) is 7.11 Å². The number of rotatable bonds is 2. The number of halogens is 1. The van der Waals surface area contributed by atoms with Crippen molar-refractivity contribution < 1.29 is 4.74 Å². The first-order valence-corrected chi connectivity index (χ1v) is 6.94. The average molecular weight is 305 g/mol. The minimum atomic E-state index is 0.620. The van der Waals surface area contributed by atoms with Gasteiger partial charge in [-0.1, -0.05) is 23.7 Å². The third-order valence-corrected chi connectivity index (χ3v) is 3.83. The van der Waals surface area contributed by atoms with Crippen LogP contribution in [0.25, 0.3) is 16.7 Å². The summed E-state index contributed by atoms with van der Waals surface area (Å²) in [6.07, 6.45) is 0. The largest absolute Gasteiger partial charge is 0.494 e. The van der Waals surface area contributed by atoms with Crippen LogP contribution in [0.4, 0.5) is 0 Å². The second-order valence-electron chi connectivity index (χ2n) is 4.55. The molecule has 3 nitrogen and oxygen atoms in total. The van der Waals surface area contributed by atoms with E-state index >= 15 is 0 Å². The van der Waals surface area contributed by atoms with Crippen LogP contribution in [0.1, 0.15) is 5.56 Å². The van der Waals surface area contributed by atoms with Gasteiger partial charge in [0, 0.05) is 5.02 Å². The summed E-state index contributed by atoms with van der Waals surface area (Å²) < 4.78 is 7.97. The van der Waals surface area contributed by atoms with Crippen molar-refractivity contribution in [1.82, 2.24) is 9.55 Å². The van der Waals surface area contributed by atoms with Crippen LogP contribution >= 0.6 is 23.8 Å². The van der Waals surface area contributed by atoms with Gasteiger partial charge < -0.3 is 9.72 Å². The van der Waals surface area contributed by atoms with Crippen molar-refractivity contribution in [2.24, 2.45) is 0 Å². The smallest absolute Gasteiger partial charge is 0.182 e. The van der Waals surface area contributed by atoms with Gasteiger partial charge in [0.25, 0.3) is 0 Å². The molecule has 1 N–H and O–H groups in total. The molecule has 1 heterocycles. The summed E-state index contributed by atoms with van der Waals surface area (Å²) in [5.41, 5.74) is 3.94. The van der Waals surface area contributed by atoms with Gasteiger partial charge in [0.05, 0.1) is 18.3 Å². The summed E-state index contributed by atoms with van der Waals surface area (Å²) in [6, 6.07) is 11.6.